The van der Waals surface area contributed by atoms with Gasteiger partial charge in [-0.15, -0.1) is 10.2 Å². The first-order valence-electron chi connectivity index (χ1n) is 10.6. The summed E-state index contributed by atoms with van der Waals surface area (Å²) in [4.78, 5) is 27.5. The van der Waals surface area contributed by atoms with Gasteiger partial charge in [-0.2, -0.15) is 0 Å². The molecule has 0 saturated carbocycles. The predicted molar refractivity (Wildman–Crippen MR) is 128 cm³/mol. The molecule has 3 aromatic rings. The lowest BCUT2D eigenvalue weighted by atomic mass is 10.1. The van der Waals surface area contributed by atoms with Crippen molar-refractivity contribution in [3.05, 3.63) is 65.7 Å². The number of benzene rings is 2. The van der Waals surface area contributed by atoms with Crippen LogP contribution in [0.1, 0.15) is 6.92 Å². The zero-order valence-electron chi connectivity index (χ0n) is 18.2. The van der Waals surface area contributed by atoms with Gasteiger partial charge in [0.15, 0.2) is 12.4 Å². The van der Waals surface area contributed by atoms with Crippen LogP contribution in [0.3, 0.4) is 0 Å². The van der Waals surface area contributed by atoms with Crippen LogP contribution in [0.15, 0.2) is 60.7 Å². The summed E-state index contributed by atoms with van der Waals surface area (Å²) in [5.74, 6) is 1.14. The van der Waals surface area contributed by atoms with Crippen molar-refractivity contribution in [1.82, 2.24) is 15.1 Å². The fraction of sp³-hybridized carbons (Fsp3) is 0.250. The first-order chi connectivity index (χ1) is 16.0. The van der Waals surface area contributed by atoms with Gasteiger partial charge in [0.2, 0.25) is 5.91 Å². The molecule has 0 atom stereocenters. The number of hydrogen-bond acceptors (Lipinski definition) is 6. The Morgan fingerprint density at radius 1 is 0.970 bits per heavy atom. The first kappa shape index (κ1) is 22.5. The zero-order valence-corrected chi connectivity index (χ0v) is 19.0. The molecule has 2 heterocycles. The Labute approximate surface area is 197 Å². The number of hydrogen-bond donors (Lipinski definition) is 1. The highest BCUT2D eigenvalue weighted by atomic mass is 35.5. The third-order valence-electron chi connectivity index (χ3n) is 5.29. The second-order valence-electron chi connectivity index (χ2n) is 7.62. The van der Waals surface area contributed by atoms with E-state index in [9.17, 15) is 9.59 Å². The highest BCUT2D eigenvalue weighted by Gasteiger charge is 2.22. The first-order valence-corrected chi connectivity index (χ1v) is 11.0. The van der Waals surface area contributed by atoms with Crippen molar-refractivity contribution < 1.29 is 14.3 Å². The summed E-state index contributed by atoms with van der Waals surface area (Å²) in [7, 11) is 0. The smallest absolute Gasteiger partial charge is 0.260 e. The number of carbonyl (C=O) groups excluding carboxylic acids is 2. The van der Waals surface area contributed by atoms with E-state index in [2.05, 4.69) is 20.4 Å². The van der Waals surface area contributed by atoms with Crippen LogP contribution in [0, 0.1) is 0 Å². The molecule has 4 rings (SSSR count). The van der Waals surface area contributed by atoms with Crippen LogP contribution in [0.2, 0.25) is 5.02 Å². The summed E-state index contributed by atoms with van der Waals surface area (Å²) in [6, 6.07) is 18.3. The number of carbonyl (C=O) groups is 2. The Kier molecular flexibility index (Phi) is 7.04. The SMILES string of the molecule is CC(=O)Nc1ccc(OCC(=O)N2CCN(c3ccc(-c4ccccc4Cl)nn3)CC2)cc1. The van der Waals surface area contributed by atoms with Crippen LogP contribution in [-0.4, -0.2) is 59.7 Å². The Balaban J connectivity index is 1.26. The summed E-state index contributed by atoms with van der Waals surface area (Å²) >= 11 is 6.24. The monoisotopic (exact) mass is 465 g/mol. The molecule has 0 spiro atoms. The van der Waals surface area contributed by atoms with E-state index in [-0.39, 0.29) is 18.4 Å². The molecular weight excluding hydrogens is 442 g/mol. The van der Waals surface area contributed by atoms with Crippen molar-refractivity contribution in [1.29, 1.82) is 0 Å². The van der Waals surface area contributed by atoms with Gasteiger partial charge in [0.05, 0.1) is 10.7 Å². The molecule has 1 aliphatic rings. The maximum Gasteiger partial charge on any atom is 0.260 e. The van der Waals surface area contributed by atoms with Crippen LogP contribution < -0.4 is 15.0 Å². The second kappa shape index (κ2) is 10.3. The fourth-order valence-electron chi connectivity index (χ4n) is 3.57. The number of nitrogens with one attached hydrogen (secondary N) is 1. The summed E-state index contributed by atoms with van der Waals surface area (Å²) in [6.45, 7) is 3.90. The highest BCUT2D eigenvalue weighted by Crippen LogP contribution is 2.26. The summed E-state index contributed by atoms with van der Waals surface area (Å²) in [5, 5.41) is 12.0. The van der Waals surface area contributed by atoms with Gasteiger partial charge >= 0.3 is 0 Å². The van der Waals surface area contributed by atoms with Crippen molar-refractivity contribution in [2.24, 2.45) is 0 Å². The van der Waals surface area contributed by atoms with Crippen molar-refractivity contribution in [2.45, 2.75) is 6.92 Å². The molecule has 1 aliphatic heterocycles. The van der Waals surface area contributed by atoms with Crippen LogP contribution in [0.25, 0.3) is 11.3 Å². The predicted octanol–water partition coefficient (Wildman–Crippen LogP) is 3.48. The molecule has 33 heavy (non-hydrogen) atoms. The van der Waals surface area contributed by atoms with E-state index in [1.54, 1.807) is 29.2 Å². The Morgan fingerprint density at radius 3 is 2.33 bits per heavy atom. The Morgan fingerprint density at radius 2 is 1.70 bits per heavy atom. The molecule has 2 amide bonds. The minimum absolute atomic E-state index is 0.0359. The van der Waals surface area contributed by atoms with Gasteiger partial charge in [0.25, 0.3) is 5.91 Å². The molecule has 1 saturated heterocycles. The van der Waals surface area contributed by atoms with E-state index in [1.807, 2.05) is 36.4 Å². The maximum absolute atomic E-state index is 12.5. The molecule has 0 aliphatic carbocycles. The lowest BCUT2D eigenvalue weighted by molar-refractivity contribution is -0.133. The van der Waals surface area contributed by atoms with E-state index in [4.69, 9.17) is 16.3 Å². The molecule has 1 N–H and O–H groups in total. The average Bonchev–Trinajstić information content (AvgIpc) is 2.84. The minimum Gasteiger partial charge on any atom is -0.484 e. The molecule has 170 valence electrons. The average molecular weight is 466 g/mol. The van der Waals surface area contributed by atoms with Gasteiger partial charge < -0.3 is 19.9 Å². The van der Waals surface area contributed by atoms with E-state index >= 15 is 0 Å². The van der Waals surface area contributed by atoms with Crippen molar-refractivity contribution >= 4 is 34.9 Å². The number of halogens is 1. The molecule has 0 bridgehead atoms. The van der Waals surface area contributed by atoms with Gasteiger partial charge in [-0.3, -0.25) is 9.59 Å². The molecule has 0 radical (unpaired) electrons. The highest BCUT2D eigenvalue weighted by molar-refractivity contribution is 6.33. The van der Waals surface area contributed by atoms with Crippen molar-refractivity contribution in [3.63, 3.8) is 0 Å². The van der Waals surface area contributed by atoms with E-state index in [0.717, 1.165) is 17.1 Å². The quantitative estimate of drug-likeness (QED) is 0.599. The topological polar surface area (TPSA) is 87.7 Å². The second-order valence-corrected chi connectivity index (χ2v) is 8.03. The number of ether oxygens (including phenoxy) is 1. The number of rotatable bonds is 6. The molecule has 1 fully saturated rings. The lowest BCUT2D eigenvalue weighted by Gasteiger charge is -2.35. The van der Waals surface area contributed by atoms with Crippen LogP contribution in [0.4, 0.5) is 11.5 Å². The van der Waals surface area contributed by atoms with E-state index in [0.29, 0.717) is 42.6 Å². The number of nitrogens with zero attached hydrogens (tertiary/aromatic N) is 4. The normalized spacial score (nSPS) is 13.5. The lowest BCUT2D eigenvalue weighted by Crippen LogP contribution is -2.50. The molecule has 1 aromatic heterocycles. The van der Waals surface area contributed by atoms with Gasteiger partial charge in [-0.25, -0.2) is 0 Å². The summed E-state index contributed by atoms with van der Waals surface area (Å²) < 4.78 is 5.61. The maximum atomic E-state index is 12.5. The summed E-state index contributed by atoms with van der Waals surface area (Å²) in [5.41, 5.74) is 2.25. The van der Waals surface area contributed by atoms with E-state index in [1.165, 1.54) is 6.92 Å². The Bertz CT molecular complexity index is 1110. The number of amides is 2. The standard InChI is InChI=1S/C24H24ClN5O3/c1-17(31)26-18-6-8-19(9-7-18)33-16-24(32)30-14-12-29(13-15-30)23-11-10-22(27-28-23)20-4-2-3-5-21(20)25/h2-11H,12-16H2,1H3,(H,26,31). The number of piperazine rings is 1. The van der Waals surface area contributed by atoms with E-state index < -0.39 is 0 Å². The number of aromatic nitrogens is 2. The molecule has 9 heteroatoms. The van der Waals surface area contributed by atoms with Gasteiger partial charge in [0, 0.05) is 44.4 Å². The largest absolute Gasteiger partial charge is 0.484 e. The molecule has 2 aromatic carbocycles. The van der Waals surface area contributed by atoms with Gasteiger partial charge in [-0.1, -0.05) is 29.8 Å². The zero-order chi connectivity index (χ0) is 23.2. The third-order valence-corrected chi connectivity index (χ3v) is 5.62. The van der Waals surface area contributed by atoms with Crippen LogP contribution in [-0.2, 0) is 9.59 Å². The molecule has 8 nitrogen and oxygen atoms in total. The van der Waals surface area contributed by atoms with Crippen LogP contribution in [0.5, 0.6) is 5.75 Å². The van der Waals surface area contributed by atoms with Crippen molar-refractivity contribution in [2.75, 3.05) is 43.0 Å². The third kappa shape index (κ3) is 5.78. The summed E-state index contributed by atoms with van der Waals surface area (Å²) in [6.07, 6.45) is 0. The molecule has 0 unspecified atom stereocenters. The van der Waals surface area contributed by atoms with Gasteiger partial charge in [-0.05, 0) is 42.5 Å². The Hall–Kier alpha value is -3.65. The van der Waals surface area contributed by atoms with Crippen LogP contribution >= 0.6 is 11.6 Å². The van der Waals surface area contributed by atoms with Gasteiger partial charge in [0.1, 0.15) is 5.75 Å². The fourth-order valence-corrected chi connectivity index (χ4v) is 3.80. The minimum atomic E-state index is -0.138. The van der Waals surface area contributed by atoms with Crippen molar-refractivity contribution in [3.8, 4) is 17.0 Å². The molecular formula is C24H24ClN5O3. The number of anilines is 2.